The van der Waals surface area contributed by atoms with Crippen LogP contribution in [0.25, 0.3) is 10.9 Å². The minimum Gasteiger partial charge on any atom is -0.335 e. The fraction of sp³-hybridized carbons (Fsp3) is 0.286. The largest absolute Gasteiger partial charge is 0.335 e. The van der Waals surface area contributed by atoms with Crippen molar-refractivity contribution in [1.29, 1.82) is 0 Å². The molecule has 1 aliphatic carbocycles. The highest BCUT2D eigenvalue weighted by Gasteiger charge is 2.27. The van der Waals surface area contributed by atoms with Gasteiger partial charge >= 0.3 is 0 Å². The van der Waals surface area contributed by atoms with Crippen LogP contribution >= 0.6 is 12.2 Å². The maximum atomic E-state index is 13.1. The molecule has 1 unspecified atom stereocenters. The number of rotatable bonds is 2. The number of aromatic nitrogens is 2. The molecule has 4 rings (SSSR count). The van der Waals surface area contributed by atoms with E-state index in [4.69, 9.17) is 12.2 Å². The van der Waals surface area contributed by atoms with Gasteiger partial charge in [-0.3, -0.25) is 14.2 Å². The normalized spacial score (nSPS) is 16.1. The third-order valence-electron chi connectivity index (χ3n) is 5.47. The Morgan fingerprint density at radius 3 is 2.85 bits per heavy atom. The van der Waals surface area contributed by atoms with Gasteiger partial charge in [0.1, 0.15) is 0 Å². The molecular formula is C21H21N3O2S. The van der Waals surface area contributed by atoms with Crippen LogP contribution in [-0.2, 0) is 13.5 Å². The van der Waals surface area contributed by atoms with E-state index in [9.17, 15) is 9.59 Å². The van der Waals surface area contributed by atoms with Crippen LogP contribution in [0, 0.1) is 4.77 Å². The standard InChI is InChI=1S/C21H21N3O2S/c1-23(18-9-5-7-13-6-3-4-8-15(13)18)19(25)14-10-11-16-17(12-14)22-21(27)24(2)20(16)26/h3-4,6,8,10-12,18H,5,7,9H2,1-2H3,(H,22,27). The van der Waals surface area contributed by atoms with Gasteiger partial charge in [0, 0.05) is 19.7 Å². The fourth-order valence-corrected chi connectivity index (χ4v) is 4.11. The maximum absolute atomic E-state index is 13.1. The molecule has 5 nitrogen and oxygen atoms in total. The van der Waals surface area contributed by atoms with Gasteiger partial charge in [0.05, 0.1) is 16.9 Å². The second-order valence-electron chi connectivity index (χ2n) is 7.08. The molecule has 0 saturated carbocycles. The number of hydrogen-bond acceptors (Lipinski definition) is 3. The average Bonchev–Trinajstić information content (AvgIpc) is 2.70. The van der Waals surface area contributed by atoms with E-state index in [1.807, 2.05) is 18.0 Å². The number of amides is 1. The number of nitrogens with one attached hydrogen (secondary N) is 1. The monoisotopic (exact) mass is 379 g/mol. The predicted molar refractivity (Wildman–Crippen MR) is 109 cm³/mol. The smallest absolute Gasteiger partial charge is 0.261 e. The lowest BCUT2D eigenvalue weighted by atomic mass is 9.87. The Labute approximate surface area is 162 Å². The van der Waals surface area contributed by atoms with E-state index in [0.29, 0.717) is 21.2 Å². The number of carbonyl (C=O) groups is 1. The summed E-state index contributed by atoms with van der Waals surface area (Å²) in [5, 5.41) is 0.522. The molecule has 0 fully saturated rings. The van der Waals surface area contributed by atoms with Crippen LogP contribution in [-0.4, -0.2) is 27.4 Å². The topological polar surface area (TPSA) is 58.1 Å². The van der Waals surface area contributed by atoms with Crippen molar-refractivity contribution in [2.45, 2.75) is 25.3 Å². The molecular weight excluding hydrogens is 358 g/mol. The van der Waals surface area contributed by atoms with Crippen molar-refractivity contribution in [1.82, 2.24) is 14.5 Å². The van der Waals surface area contributed by atoms with Crippen molar-refractivity contribution in [2.24, 2.45) is 7.05 Å². The first kappa shape index (κ1) is 17.7. The molecule has 138 valence electrons. The van der Waals surface area contributed by atoms with Crippen molar-refractivity contribution in [2.75, 3.05) is 7.05 Å². The first-order valence-electron chi connectivity index (χ1n) is 9.05. The molecule has 3 aromatic rings. The number of benzene rings is 2. The molecule has 1 atom stereocenters. The molecule has 27 heavy (non-hydrogen) atoms. The number of nitrogens with zero attached hydrogens (tertiary/aromatic N) is 2. The quantitative estimate of drug-likeness (QED) is 0.690. The van der Waals surface area contributed by atoms with Gasteiger partial charge in [-0.25, -0.2) is 0 Å². The van der Waals surface area contributed by atoms with Gasteiger partial charge in [-0.05, 0) is 60.8 Å². The minimum absolute atomic E-state index is 0.0569. The van der Waals surface area contributed by atoms with Crippen molar-refractivity contribution in [3.8, 4) is 0 Å². The molecule has 1 amide bonds. The summed E-state index contributed by atoms with van der Waals surface area (Å²) in [5.74, 6) is -0.0569. The van der Waals surface area contributed by atoms with Crippen molar-refractivity contribution < 1.29 is 4.79 Å². The lowest BCUT2D eigenvalue weighted by Gasteiger charge is -2.33. The summed E-state index contributed by atoms with van der Waals surface area (Å²) in [6.45, 7) is 0. The SMILES string of the molecule is CN(C(=O)c1ccc2c(=O)n(C)c(=S)[nH]c2c1)C1CCCc2ccccc21. The second kappa shape index (κ2) is 6.78. The zero-order valence-electron chi connectivity index (χ0n) is 15.4. The van der Waals surface area contributed by atoms with E-state index in [-0.39, 0.29) is 17.5 Å². The molecule has 1 heterocycles. The molecule has 0 spiro atoms. The first-order valence-corrected chi connectivity index (χ1v) is 9.46. The molecule has 0 saturated heterocycles. The molecule has 0 bridgehead atoms. The van der Waals surface area contributed by atoms with Gasteiger partial charge in [-0.2, -0.15) is 0 Å². The third-order valence-corrected chi connectivity index (χ3v) is 5.85. The Kier molecular flexibility index (Phi) is 4.44. The van der Waals surface area contributed by atoms with Crippen LogP contribution in [0.1, 0.15) is 40.4 Å². The maximum Gasteiger partial charge on any atom is 0.261 e. The third kappa shape index (κ3) is 3.00. The van der Waals surface area contributed by atoms with Gasteiger partial charge < -0.3 is 9.88 Å². The van der Waals surface area contributed by atoms with Gasteiger partial charge in [0.2, 0.25) is 0 Å². The van der Waals surface area contributed by atoms with Crippen LogP contribution < -0.4 is 5.56 Å². The molecule has 2 aromatic carbocycles. The van der Waals surface area contributed by atoms with Crippen LogP contribution in [0.5, 0.6) is 0 Å². The number of hydrogen-bond donors (Lipinski definition) is 1. The Bertz CT molecular complexity index is 1160. The zero-order chi connectivity index (χ0) is 19.1. The van der Waals surface area contributed by atoms with Gasteiger partial charge in [-0.1, -0.05) is 24.3 Å². The van der Waals surface area contributed by atoms with Crippen molar-refractivity contribution in [3.63, 3.8) is 0 Å². The van der Waals surface area contributed by atoms with Crippen molar-refractivity contribution in [3.05, 3.63) is 74.3 Å². The molecule has 0 radical (unpaired) electrons. The Morgan fingerprint density at radius 2 is 2.04 bits per heavy atom. The molecule has 0 aliphatic heterocycles. The van der Waals surface area contributed by atoms with Gasteiger partial charge in [-0.15, -0.1) is 0 Å². The summed E-state index contributed by atoms with van der Waals surface area (Å²) in [6.07, 6.45) is 3.08. The highest BCUT2D eigenvalue weighted by molar-refractivity contribution is 7.71. The van der Waals surface area contributed by atoms with E-state index in [0.717, 1.165) is 19.3 Å². The lowest BCUT2D eigenvalue weighted by Crippen LogP contribution is -2.33. The van der Waals surface area contributed by atoms with Gasteiger partial charge in [0.15, 0.2) is 4.77 Å². The fourth-order valence-electron chi connectivity index (χ4n) is 3.91. The van der Waals surface area contributed by atoms with E-state index >= 15 is 0 Å². The Hall–Kier alpha value is -2.73. The van der Waals surface area contributed by atoms with Crippen LogP contribution in [0.15, 0.2) is 47.3 Å². The predicted octanol–water partition coefficient (Wildman–Crippen LogP) is 3.75. The zero-order valence-corrected chi connectivity index (χ0v) is 16.2. The average molecular weight is 379 g/mol. The Balaban J connectivity index is 1.72. The molecule has 6 heteroatoms. The van der Waals surface area contributed by atoms with E-state index < -0.39 is 0 Å². The number of carbonyl (C=O) groups excluding carboxylic acids is 1. The number of fused-ring (bicyclic) bond motifs is 2. The molecule has 1 N–H and O–H groups in total. The van der Waals surface area contributed by atoms with Gasteiger partial charge in [0.25, 0.3) is 11.5 Å². The summed E-state index contributed by atoms with van der Waals surface area (Å²) < 4.78 is 1.73. The Morgan fingerprint density at radius 1 is 1.26 bits per heavy atom. The number of H-pyrrole nitrogens is 1. The van der Waals surface area contributed by atoms with E-state index in [2.05, 4.69) is 23.2 Å². The van der Waals surface area contributed by atoms with Crippen LogP contribution in [0.2, 0.25) is 0 Å². The molecule has 1 aromatic heterocycles. The lowest BCUT2D eigenvalue weighted by molar-refractivity contribution is 0.0715. The van der Waals surface area contributed by atoms with Crippen LogP contribution in [0.3, 0.4) is 0 Å². The van der Waals surface area contributed by atoms with E-state index in [1.54, 1.807) is 25.2 Å². The summed E-state index contributed by atoms with van der Waals surface area (Å²) in [5.41, 5.74) is 3.52. The minimum atomic E-state index is -0.165. The molecule has 1 aliphatic rings. The van der Waals surface area contributed by atoms with Crippen LogP contribution in [0.4, 0.5) is 0 Å². The first-order chi connectivity index (χ1) is 13.0. The van der Waals surface area contributed by atoms with Crippen molar-refractivity contribution >= 4 is 29.0 Å². The summed E-state index contributed by atoms with van der Waals surface area (Å²) in [4.78, 5) is 30.3. The highest BCUT2D eigenvalue weighted by atomic mass is 32.1. The number of aryl methyl sites for hydroxylation is 1. The number of aromatic amines is 1. The van der Waals surface area contributed by atoms with E-state index in [1.165, 1.54) is 15.7 Å². The highest BCUT2D eigenvalue weighted by Crippen LogP contribution is 2.34. The summed E-state index contributed by atoms with van der Waals surface area (Å²) >= 11 is 5.19. The summed E-state index contributed by atoms with van der Waals surface area (Å²) in [7, 11) is 3.49. The second-order valence-corrected chi connectivity index (χ2v) is 7.46. The summed E-state index contributed by atoms with van der Waals surface area (Å²) in [6, 6.07) is 13.5.